The number of rotatable bonds is 7. The number of amides is 2. The van der Waals surface area contributed by atoms with Gasteiger partial charge in [0.25, 0.3) is 0 Å². The molecule has 2 amide bonds. The van der Waals surface area contributed by atoms with Crippen molar-refractivity contribution in [3.8, 4) is 11.4 Å². The SMILES string of the molecule is CC(C)N(Cc1ccccc1)C(=O)Cn1nnc(-c2ccc(C(N)=O)cc2)n1. The number of hydrogen-bond donors (Lipinski definition) is 1. The van der Waals surface area contributed by atoms with Crippen molar-refractivity contribution in [3.05, 3.63) is 65.7 Å². The van der Waals surface area contributed by atoms with E-state index in [2.05, 4.69) is 15.4 Å². The lowest BCUT2D eigenvalue weighted by atomic mass is 10.1. The summed E-state index contributed by atoms with van der Waals surface area (Å²) in [5, 5.41) is 12.2. The fourth-order valence-electron chi connectivity index (χ4n) is 2.76. The van der Waals surface area contributed by atoms with Crippen LogP contribution in [0.15, 0.2) is 54.6 Å². The van der Waals surface area contributed by atoms with Crippen LogP contribution in [0.1, 0.15) is 29.8 Å². The molecular weight excluding hydrogens is 356 g/mol. The lowest BCUT2D eigenvalue weighted by Gasteiger charge is -2.26. The molecule has 1 heterocycles. The van der Waals surface area contributed by atoms with Gasteiger partial charge < -0.3 is 10.6 Å². The number of carbonyl (C=O) groups excluding carboxylic acids is 2. The van der Waals surface area contributed by atoms with Gasteiger partial charge in [-0.25, -0.2) is 0 Å². The zero-order chi connectivity index (χ0) is 20.1. The Kier molecular flexibility index (Phi) is 5.78. The molecule has 0 bridgehead atoms. The van der Waals surface area contributed by atoms with Gasteiger partial charge in [0.1, 0.15) is 6.54 Å². The highest BCUT2D eigenvalue weighted by Crippen LogP contribution is 2.15. The van der Waals surface area contributed by atoms with Crippen LogP contribution in [-0.4, -0.2) is 43.0 Å². The van der Waals surface area contributed by atoms with E-state index in [1.165, 1.54) is 4.80 Å². The number of benzene rings is 2. The van der Waals surface area contributed by atoms with Gasteiger partial charge in [0.2, 0.25) is 17.6 Å². The summed E-state index contributed by atoms with van der Waals surface area (Å²) >= 11 is 0. The van der Waals surface area contributed by atoms with Crippen molar-refractivity contribution in [1.82, 2.24) is 25.1 Å². The van der Waals surface area contributed by atoms with Crippen LogP contribution in [0.25, 0.3) is 11.4 Å². The van der Waals surface area contributed by atoms with Crippen molar-refractivity contribution < 1.29 is 9.59 Å². The van der Waals surface area contributed by atoms with Crippen LogP contribution in [0, 0.1) is 0 Å². The summed E-state index contributed by atoms with van der Waals surface area (Å²) < 4.78 is 0. The fraction of sp³-hybridized carbons (Fsp3) is 0.250. The van der Waals surface area contributed by atoms with E-state index in [0.717, 1.165) is 5.56 Å². The number of primary amides is 1. The van der Waals surface area contributed by atoms with Gasteiger partial charge in [-0.05, 0) is 36.8 Å². The highest BCUT2D eigenvalue weighted by molar-refractivity contribution is 5.93. The van der Waals surface area contributed by atoms with Gasteiger partial charge in [0.05, 0.1) is 0 Å². The first-order valence-electron chi connectivity index (χ1n) is 8.95. The molecule has 0 fully saturated rings. The van der Waals surface area contributed by atoms with E-state index in [4.69, 9.17) is 5.73 Å². The van der Waals surface area contributed by atoms with Crippen molar-refractivity contribution in [1.29, 1.82) is 0 Å². The second-order valence-electron chi connectivity index (χ2n) is 6.69. The molecule has 0 aliphatic rings. The van der Waals surface area contributed by atoms with Crippen LogP contribution < -0.4 is 5.73 Å². The maximum atomic E-state index is 12.8. The number of carbonyl (C=O) groups is 2. The van der Waals surface area contributed by atoms with Crippen LogP contribution in [0.2, 0.25) is 0 Å². The molecule has 0 unspecified atom stereocenters. The molecule has 0 saturated carbocycles. The van der Waals surface area contributed by atoms with Crippen molar-refractivity contribution in [3.63, 3.8) is 0 Å². The summed E-state index contributed by atoms with van der Waals surface area (Å²) in [7, 11) is 0. The van der Waals surface area contributed by atoms with E-state index in [-0.39, 0.29) is 18.5 Å². The molecule has 8 heteroatoms. The monoisotopic (exact) mass is 378 g/mol. The molecule has 8 nitrogen and oxygen atoms in total. The average Bonchev–Trinajstić information content (AvgIpc) is 3.15. The van der Waals surface area contributed by atoms with Gasteiger partial charge in [-0.2, -0.15) is 4.80 Å². The molecule has 0 aliphatic carbocycles. The minimum atomic E-state index is -0.499. The summed E-state index contributed by atoms with van der Waals surface area (Å²) in [6, 6.07) is 16.5. The van der Waals surface area contributed by atoms with Gasteiger partial charge in [0.15, 0.2) is 0 Å². The van der Waals surface area contributed by atoms with Crippen LogP contribution in [0.4, 0.5) is 0 Å². The fourth-order valence-corrected chi connectivity index (χ4v) is 2.76. The van der Waals surface area contributed by atoms with Gasteiger partial charge in [0, 0.05) is 23.7 Å². The molecule has 3 aromatic rings. The number of nitrogens with zero attached hydrogens (tertiary/aromatic N) is 5. The number of aromatic nitrogens is 4. The van der Waals surface area contributed by atoms with E-state index >= 15 is 0 Å². The molecule has 0 spiro atoms. The van der Waals surface area contributed by atoms with E-state index in [1.54, 1.807) is 29.2 Å². The second kappa shape index (κ2) is 8.43. The van der Waals surface area contributed by atoms with E-state index in [1.807, 2.05) is 44.2 Å². The number of nitrogens with two attached hydrogens (primary N) is 1. The smallest absolute Gasteiger partial charge is 0.248 e. The zero-order valence-corrected chi connectivity index (χ0v) is 15.8. The van der Waals surface area contributed by atoms with Gasteiger partial charge in [-0.3, -0.25) is 9.59 Å². The summed E-state index contributed by atoms with van der Waals surface area (Å²) in [5.41, 5.74) is 7.39. The van der Waals surface area contributed by atoms with Crippen LogP contribution in [0.3, 0.4) is 0 Å². The van der Waals surface area contributed by atoms with Crippen molar-refractivity contribution in [2.75, 3.05) is 0 Å². The first kappa shape index (κ1) is 19.2. The Balaban J connectivity index is 1.70. The van der Waals surface area contributed by atoms with Crippen LogP contribution in [0.5, 0.6) is 0 Å². The molecule has 0 saturated heterocycles. The molecule has 2 N–H and O–H groups in total. The molecule has 1 aromatic heterocycles. The Hall–Kier alpha value is -3.55. The largest absolute Gasteiger partial charge is 0.366 e. The Bertz CT molecular complexity index is 950. The lowest BCUT2D eigenvalue weighted by Crippen LogP contribution is -2.39. The standard InChI is InChI=1S/C20H22N6O2/c1-14(2)25(12-15-6-4-3-5-7-15)18(27)13-26-23-20(22-24-26)17-10-8-16(9-11-17)19(21)28/h3-11,14H,12-13H2,1-2H3,(H2,21,28). The quantitative estimate of drug-likeness (QED) is 0.675. The lowest BCUT2D eigenvalue weighted by molar-refractivity contribution is -0.134. The molecule has 0 aliphatic heterocycles. The second-order valence-corrected chi connectivity index (χ2v) is 6.69. The van der Waals surface area contributed by atoms with Crippen molar-refractivity contribution in [2.45, 2.75) is 33.0 Å². The number of tetrazole rings is 1. The summed E-state index contributed by atoms with van der Waals surface area (Å²) in [6.45, 7) is 4.47. The molecule has 28 heavy (non-hydrogen) atoms. The Morgan fingerprint density at radius 2 is 1.75 bits per heavy atom. The molecule has 144 valence electrons. The third-order valence-electron chi connectivity index (χ3n) is 4.30. The third kappa shape index (κ3) is 4.59. The molecule has 2 aromatic carbocycles. The van der Waals surface area contributed by atoms with E-state index in [9.17, 15) is 9.59 Å². The van der Waals surface area contributed by atoms with Gasteiger partial charge >= 0.3 is 0 Å². The molecule has 0 atom stereocenters. The summed E-state index contributed by atoms with van der Waals surface area (Å²) in [4.78, 5) is 27.0. The predicted octanol–water partition coefficient (Wildman–Crippen LogP) is 1.88. The summed E-state index contributed by atoms with van der Waals surface area (Å²) in [5.74, 6) is -0.212. The predicted molar refractivity (Wildman–Crippen MR) is 104 cm³/mol. The van der Waals surface area contributed by atoms with E-state index < -0.39 is 5.91 Å². The highest BCUT2D eigenvalue weighted by atomic mass is 16.2. The Morgan fingerprint density at radius 1 is 1.07 bits per heavy atom. The van der Waals surface area contributed by atoms with Gasteiger partial charge in [-0.1, -0.05) is 42.5 Å². The van der Waals surface area contributed by atoms with Crippen LogP contribution in [-0.2, 0) is 17.9 Å². The Labute approximate surface area is 163 Å². The Morgan fingerprint density at radius 3 is 2.36 bits per heavy atom. The van der Waals surface area contributed by atoms with Gasteiger partial charge in [-0.15, -0.1) is 10.2 Å². The minimum absolute atomic E-state index is 0.00260. The van der Waals surface area contributed by atoms with Crippen LogP contribution >= 0.6 is 0 Å². The molecule has 0 radical (unpaired) electrons. The zero-order valence-electron chi connectivity index (χ0n) is 15.8. The summed E-state index contributed by atoms with van der Waals surface area (Å²) in [6.07, 6.45) is 0. The average molecular weight is 378 g/mol. The first-order valence-corrected chi connectivity index (χ1v) is 8.95. The first-order chi connectivity index (χ1) is 13.4. The number of hydrogen-bond acceptors (Lipinski definition) is 5. The normalized spacial score (nSPS) is 10.8. The highest BCUT2D eigenvalue weighted by Gasteiger charge is 2.19. The molecule has 3 rings (SSSR count). The molecular formula is C20H22N6O2. The maximum absolute atomic E-state index is 12.8. The van der Waals surface area contributed by atoms with Crippen molar-refractivity contribution in [2.24, 2.45) is 5.73 Å². The topological polar surface area (TPSA) is 107 Å². The van der Waals surface area contributed by atoms with E-state index in [0.29, 0.717) is 23.5 Å². The maximum Gasteiger partial charge on any atom is 0.248 e. The minimum Gasteiger partial charge on any atom is -0.366 e. The van der Waals surface area contributed by atoms with Crippen molar-refractivity contribution >= 4 is 11.8 Å². The third-order valence-corrected chi connectivity index (χ3v) is 4.30.